The second-order valence-corrected chi connectivity index (χ2v) is 21.4. The number of esters is 2. The zero-order chi connectivity index (χ0) is 56.8. The lowest BCUT2D eigenvalue weighted by molar-refractivity contribution is -0.400. The highest BCUT2D eigenvalue weighted by Gasteiger charge is 2.57. The lowest BCUT2D eigenvalue weighted by atomic mass is 9.95. The first-order valence-corrected chi connectivity index (χ1v) is 27.8. The summed E-state index contributed by atoms with van der Waals surface area (Å²) in [4.78, 5) is 24.1. The summed E-state index contributed by atoms with van der Waals surface area (Å²) in [6, 6.07) is 0. The van der Waals surface area contributed by atoms with E-state index in [0.717, 1.165) is 64.2 Å². The number of hydrogen-bond acceptors (Lipinski definition) is 25. The number of hydrogen-bond donors (Lipinski definition) is 11. The van der Waals surface area contributed by atoms with Gasteiger partial charge in [-0.15, -0.1) is 0 Å². The molecule has 0 aromatic carbocycles. The van der Waals surface area contributed by atoms with Crippen molar-refractivity contribution in [2.45, 2.75) is 298 Å². The topological polar surface area (TPSA) is 367 Å². The molecule has 450 valence electrons. The summed E-state index contributed by atoms with van der Waals surface area (Å²) in [5.74, 6) is -1.35. The van der Waals surface area contributed by atoms with Crippen LogP contribution in [0.25, 0.3) is 0 Å². The zero-order valence-electron chi connectivity index (χ0n) is 45.8. The number of aliphatic hydroxyl groups is 11. The highest BCUT2D eigenvalue weighted by Crippen LogP contribution is 2.37. The highest BCUT2D eigenvalue weighted by molar-refractivity contribution is 5.72. The summed E-state index contributed by atoms with van der Waals surface area (Å²) in [6.45, 7) is 10.6. The molecule has 0 radical (unpaired) electrons. The maximum Gasteiger partial charge on any atom is 0.309 e. The van der Waals surface area contributed by atoms with Crippen LogP contribution in [0.5, 0.6) is 0 Å². The van der Waals surface area contributed by atoms with Crippen molar-refractivity contribution in [1.82, 2.24) is 0 Å². The maximum absolute atomic E-state index is 12.7. The van der Waals surface area contributed by atoms with E-state index in [1.54, 1.807) is 20.8 Å². The summed E-state index contributed by atoms with van der Waals surface area (Å²) in [7, 11) is 1.38. The molecule has 5 aliphatic heterocycles. The second kappa shape index (κ2) is 31.5. The van der Waals surface area contributed by atoms with Crippen LogP contribution in [0.2, 0.25) is 0 Å². The molecule has 27 atom stereocenters. The molecule has 5 saturated heterocycles. The van der Waals surface area contributed by atoms with Crippen molar-refractivity contribution in [1.29, 1.82) is 0 Å². The molecule has 0 bridgehead atoms. The molecule has 0 aromatic heterocycles. The van der Waals surface area contributed by atoms with Crippen molar-refractivity contribution < 1.29 is 123 Å². The molecule has 77 heavy (non-hydrogen) atoms. The molecule has 5 rings (SSSR count). The van der Waals surface area contributed by atoms with E-state index in [0.29, 0.717) is 25.7 Å². The Bertz CT molecular complexity index is 1720. The molecule has 0 unspecified atom stereocenters. The quantitative estimate of drug-likeness (QED) is 0.0345. The molecule has 0 aliphatic carbocycles. The minimum atomic E-state index is -1.98. The fourth-order valence-corrected chi connectivity index (χ4v) is 10.2. The third-order valence-corrected chi connectivity index (χ3v) is 15.5. The van der Waals surface area contributed by atoms with Gasteiger partial charge < -0.3 is 113 Å². The van der Waals surface area contributed by atoms with E-state index in [1.807, 2.05) is 0 Å². The van der Waals surface area contributed by atoms with E-state index in [9.17, 15) is 65.8 Å². The van der Waals surface area contributed by atoms with E-state index in [-0.39, 0.29) is 12.1 Å². The third-order valence-electron chi connectivity index (χ3n) is 15.5. The summed E-state index contributed by atoms with van der Waals surface area (Å²) in [5.41, 5.74) is 0. The number of carbonyl (C=O) groups excluding carboxylic acids is 2. The molecule has 25 nitrogen and oxygen atoms in total. The molecule has 11 N–H and O–H groups in total. The average molecular weight is 1120 g/mol. The fraction of sp³-hybridized carbons (Fsp3) is 0.962. The minimum Gasteiger partial charge on any atom is -0.469 e. The predicted octanol–water partition coefficient (Wildman–Crippen LogP) is -0.560. The molecule has 0 aromatic rings. The molecule has 0 spiro atoms. The first-order chi connectivity index (χ1) is 36.6. The van der Waals surface area contributed by atoms with E-state index in [4.69, 9.17) is 56.8 Å². The Kier molecular flexibility index (Phi) is 27.0. The van der Waals surface area contributed by atoms with Gasteiger partial charge in [-0.3, -0.25) is 9.59 Å². The van der Waals surface area contributed by atoms with Crippen molar-refractivity contribution in [3.63, 3.8) is 0 Å². The van der Waals surface area contributed by atoms with Gasteiger partial charge in [-0.25, -0.2) is 0 Å². The summed E-state index contributed by atoms with van der Waals surface area (Å²) in [5, 5.41) is 122. The van der Waals surface area contributed by atoms with Gasteiger partial charge in [0, 0.05) is 6.42 Å². The van der Waals surface area contributed by atoms with Gasteiger partial charge in [-0.2, -0.15) is 0 Å². The number of ether oxygens (including phenoxy) is 12. The number of carbonyl (C=O) groups is 2. The van der Waals surface area contributed by atoms with Crippen molar-refractivity contribution in [2.24, 2.45) is 5.92 Å². The molecule has 5 fully saturated rings. The molecule has 0 amide bonds. The van der Waals surface area contributed by atoms with Gasteiger partial charge in [0.1, 0.15) is 91.6 Å². The van der Waals surface area contributed by atoms with E-state index >= 15 is 0 Å². The van der Waals surface area contributed by atoms with E-state index < -0.39 is 172 Å². The lowest BCUT2D eigenvalue weighted by Gasteiger charge is -2.50. The van der Waals surface area contributed by atoms with Crippen molar-refractivity contribution in [3.05, 3.63) is 0 Å². The SMILES string of the molecule is CCCCC[C@@H](CCCCCCCCCC(=O)OC)O[C@@H]1O[C@H](C)[C@H](O)[C@H](O)[C@H]1O[C@@H]1O[C@@H](C)[C@H](O[C@@H]2O[C@@H](C)[C@H](O[C@@H]3O[C@@H](C)[C@H](OC(=O)[C@@H](C)CC)[C@@H](O)[C@H]3O)[C@@H](O[C@@H]3O[C@H](CO)[C@@H](O)[C@H](O)[C@H]3O)[C@H]2O)[C@@H](O)[C@H]1O. The number of rotatable bonds is 28. The largest absolute Gasteiger partial charge is 0.469 e. The standard InChI is InChI=1S/C52H92O25/c1-9-11-17-20-29(21-18-15-13-12-14-16-19-22-31(54)66-8)71-52-46(35(58)32(55)25(4)67-52)77-49-40(63)37(60)43(27(6)69-49)74-51-41(64)45(76-50-38(61)34(57)33(56)30(23-53)72-50)44(28(7)70-51)75-48-39(62)36(59)42(26(5)68-48)73-47(65)24(3)10-2/h24-30,32-46,48-53,55-64H,9-23H2,1-8H3/t24-,25+,26-,27-,28-,29-,30+,32-,33+,34-,35-,36-,37-,38+,39+,40+,41+,42-,43-,44-,45-,46+,48-,49-,50-,51-,52-/m0/s1. The zero-order valence-corrected chi connectivity index (χ0v) is 45.8. The van der Waals surface area contributed by atoms with Crippen LogP contribution in [0.15, 0.2) is 0 Å². The molecule has 5 aliphatic rings. The Labute approximate surface area is 451 Å². The number of unbranched alkanes of at least 4 members (excludes halogenated alkanes) is 8. The van der Waals surface area contributed by atoms with Crippen LogP contribution in [0.1, 0.15) is 138 Å². The summed E-state index contributed by atoms with van der Waals surface area (Å²) >= 11 is 0. The minimum absolute atomic E-state index is 0.209. The van der Waals surface area contributed by atoms with Gasteiger partial charge in [0.2, 0.25) is 0 Å². The first kappa shape index (κ1) is 65.9. The molecular weight excluding hydrogens is 1020 g/mol. The highest BCUT2D eigenvalue weighted by atomic mass is 16.8. The van der Waals surface area contributed by atoms with Crippen molar-refractivity contribution in [3.8, 4) is 0 Å². The fourth-order valence-electron chi connectivity index (χ4n) is 10.2. The van der Waals surface area contributed by atoms with Gasteiger partial charge in [-0.05, 0) is 53.4 Å². The Morgan fingerprint density at radius 2 is 0.922 bits per heavy atom. The Morgan fingerprint density at radius 3 is 1.51 bits per heavy atom. The smallest absolute Gasteiger partial charge is 0.309 e. The molecule has 0 saturated carbocycles. The van der Waals surface area contributed by atoms with Crippen LogP contribution in [0.4, 0.5) is 0 Å². The number of aliphatic hydroxyl groups excluding tert-OH is 11. The van der Waals surface area contributed by atoms with Gasteiger partial charge in [0.05, 0.1) is 50.2 Å². The van der Waals surface area contributed by atoms with Gasteiger partial charge in [-0.1, -0.05) is 78.6 Å². The van der Waals surface area contributed by atoms with Crippen molar-refractivity contribution >= 4 is 11.9 Å². The third kappa shape index (κ3) is 17.3. The second-order valence-electron chi connectivity index (χ2n) is 21.4. The van der Waals surface area contributed by atoms with Crippen LogP contribution in [-0.2, 0) is 66.4 Å². The predicted molar refractivity (Wildman–Crippen MR) is 265 cm³/mol. The Morgan fingerprint density at radius 1 is 0.468 bits per heavy atom. The van der Waals surface area contributed by atoms with Crippen LogP contribution in [0, 0.1) is 5.92 Å². The molecular formula is C52H92O25. The monoisotopic (exact) mass is 1120 g/mol. The van der Waals surface area contributed by atoms with Gasteiger partial charge in [0.15, 0.2) is 37.6 Å². The lowest BCUT2D eigenvalue weighted by Crippen LogP contribution is -2.67. The Balaban J connectivity index is 1.28. The van der Waals surface area contributed by atoms with E-state index in [1.165, 1.54) is 27.9 Å². The van der Waals surface area contributed by atoms with Crippen LogP contribution < -0.4 is 0 Å². The first-order valence-electron chi connectivity index (χ1n) is 27.8. The summed E-state index contributed by atoms with van der Waals surface area (Å²) in [6.07, 6.45) is -28.1. The van der Waals surface area contributed by atoms with Crippen LogP contribution in [-0.4, -0.2) is 241 Å². The van der Waals surface area contributed by atoms with Crippen LogP contribution >= 0.6 is 0 Å². The molecule has 5 heterocycles. The average Bonchev–Trinajstić information content (AvgIpc) is 3.43. The normalized spacial score (nSPS) is 42.6. The van der Waals surface area contributed by atoms with Crippen molar-refractivity contribution in [2.75, 3.05) is 13.7 Å². The van der Waals surface area contributed by atoms with Gasteiger partial charge in [0.25, 0.3) is 0 Å². The number of methoxy groups -OCH3 is 1. The summed E-state index contributed by atoms with van der Waals surface area (Å²) < 4.78 is 71.1. The molecule has 25 heteroatoms. The Hall–Kier alpha value is -1.90. The van der Waals surface area contributed by atoms with Crippen LogP contribution in [0.3, 0.4) is 0 Å². The maximum atomic E-state index is 12.7. The van der Waals surface area contributed by atoms with E-state index in [2.05, 4.69) is 6.92 Å². The van der Waals surface area contributed by atoms with Gasteiger partial charge >= 0.3 is 11.9 Å².